The van der Waals surface area contributed by atoms with Crippen LogP contribution in [-0.4, -0.2) is 32.0 Å². The van der Waals surface area contributed by atoms with Gasteiger partial charge in [0.15, 0.2) is 10.9 Å². The molecule has 0 saturated heterocycles. The van der Waals surface area contributed by atoms with E-state index in [0.717, 1.165) is 28.2 Å². The lowest BCUT2D eigenvalue weighted by molar-refractivity contribution is -0.727. The number of hydrogen-bond donors (Lipinski definition) is 3. The first kappa shape index (κ1) is 21.1. The van der Waals surface area contributed by atoms with Gasteiger partial charge in [0, 0.05) is 17.7 Å². The Hall–Kier alpha value is -3.59. The highest BCUT2D eigenvalue weighted by atomic mass is 32.1. The quantitative estimate of drug-likeness (QED) is 0.341. The third-order valence-electron chi connectivity index (χ3n) is 4.54. The van der Waals surface area contributed by atoms with Gasteiger partial charge in [0.05, 0.1) is 10.3 Å². The minimum atomic E-state index is -1.11. The zero-order chi connectivity index (χ0) is 21.9. The van der Waals surface area contributed by atoms with E-state index in [1.54, 1.807) is 12.1 Å². The van der Waals surface area contributed by atoms with Gasteiger partial charge in [-0.15, -0.1) is 0 Å². The molecule has 0 spiro atoms. The number of ketones is 1. The first-order valence-corrected chi connectivity index (χ1v) is 9.83. The molecule has 2 aromatic carbocycles. The zero-order valence-electron chi connectivity index (χ0n) is 16.3. The van der Waals surface area contributed by atoms with E-state index in [0.29, 0.717) is 10.7 Å². The summed E-state index contributed by atoms with van der Waals surface area (Å²) in [5.74, 6) is -1.22. The largest absolute Gasteiger partial charge is 0.481 e. The molecule has 154 valence electrons. The molecule has 0 unspecified atom stereocenters. The molecule has 9 heteroatoms. The third kappa shape index (κ3) is 4.87. The molecule has 0 radical (unpaired) electrons. The topological polar surface area (TPSA) is 120 Å². The van der Waals surface area contributed by atoms with Crippen LogP contribution in [0.3, 0.4) is 0 Å². The lowest BCUT2D eigenvalue weighted by Gasteiger charge is -2.17. The fourth-order valence-corrected chi connectivity index (χ4v) is 3.36. The van der Waals surface area contributed by atoms with E-state index in [1.807, 2.05) is 36.4 Å². The molecule has 30 heavy (non-hydrogen) atoms. The molecule has 3 rings (SSSR count). The zero-order valence-corrected chi connectivity index (χ0v) is 17.1. The highest BCUT2D eigenvalue weighted by Crippen LogP contribution is 2.29. The highest BCUT2D eigenvalue weighted by Gasteiger charge is 2.30. The summed E-state index contributed by atoms with van der Waals surface area (Å²) in [6, 6.07) is 14.5. The summed E-state index contributed by atoms with van der Waals surface area (Å²) in [5.41, 5.74) is 1.97. The molecular weight excluding hydrogens is 406 g/mol. The van der Waals surface area contributed by atoms with E-state index in [4.69, 9.17) is 5.21 Å². The lowest BCUT2D eigenvalue weighted by Crippen LogP contribution is -2.26. The summed E-state index contributed by atoms with van der Waals surface area (Å²) in [6.07, 6.45) is 1.20. The number of thiazole rings is 1. The molecule has 0 aliphatic carbocycles. The Labute approximate surface area is 176 Å². The van der Waals surface area contributed by atoms with E-state index in [1.165, 1.54) is 20.0 Å². The van der Waals surface area contributed by atoms with E-state index in [-0.39, 0.29) is 22.1 Å². The number of rotatable bonds is 8. The average molecular weight is 426 g/mol. The predicted molar refractivity (Wildman–Crippen MR) is 113 cm³/mol. The number of nitrogens with zero attached hydrogens (tertiary/aromatic N) is 2. The number of aromatic nitrogens is 1. The molecule has 3 N–H and O–H groups in total. The van der Waals surface area contributed by atoms with E-state index < -0.39 is 11.4 Å². The second kappa shape index (κ2) is 8.42. The third-order valence-corrected chi connectivity index (χ3v) is 5.41. The Bertz CT molecular complexity index is 1090. The summed E-state index contributed by atoms with van der Waals surface area (Å²) in [6.45, 7) is 3.06. The number of carboxylic acids is 1. The van der Waals surface area contributed by atoms with Gasteiger partial charge >= 0.3 is 11.0 Å². The van der Waals surface area contributed by atoms with Gasteiger partial charge in [-0.05, 0) is 48.4 Å². The molecule has 0 bridgehead atoms. The van der Waals surface area contributed by atoms with Crippen LogP contribution in [-0.2, 0) is 4.79 Å². The predicted octanol–water partition coefficient (Wildman–Crippen LogP) is 5.04. The van der Waals surface area contributed by atoms with Crippen molar-refractivity contribution in [2.75, 3.05) is 5.32 Å². The van der Waals surface area contributed by atoms with Crippen LogP contribution < -0.4 is 5.32 Å². The van der Waals surface area contributed by atoms with Gasteiger partial charge in [-0.1, -0.05) is 36.4 Å². The number of carbonyl (C=O) groups excluding carboxylic acids is 1. The number of hydrogen-bond acceptors (Lipinski definition) is 6. The highest BCUT2D eigenvalue weighted by molar-refractivity contribution is 7.18. The second-order valence-corrected chi connectivity index (χ2v) is 8.35. The normalized spacial score (nSPS) is 11.1. The van der Waals surface area contributed by atoms with E-state index in [9.17, 15) is 19.6 Å². The van der Waals surface area contributed by atoms with Crippen molar-refractivity contribution in [1.29, 1.82) is 0 Å². The van der Waals surface area contributed by atoms with Crippen LogP contribution in [0.2, 0.25) is 0 Å². The van der Waals surface area contributed by atoms with E-state index in [2.05, 4.69) is 10.3 Å². The minimum absolute atomic E-state index is 0.0686. The van der Waals surface area contributed by atoms with Crippen LogP contribution in [0.1, 0.15) is 30.6 Å². The summed E-state index contributed by atoms with van der Waals surface area (Å²) in [4.78, 5) is 38.2. The van der Waals surface area contributed by atoms with Gasteiger partial charge in [0.1, 0.15) is 6.20 Å². The number of aliphatic carboxylic acids is 1. The fourth-order valence-electron chi connectivity index (χ4n) is 2.71. The van der Waals surface area contributed by atoms with Gasteiger partial charge in [0.25, 0.3) is 4.92 Å². The van der Waals surface area contributed by atoms with Crippen molar-refractivity contribution in [1.82, 2.24) is 4.98 Å². The minimum Gasteiger partial charge on any atom is -0.481 e. The van der Waals surface area contributed by atoms with Crippen LogP contribution in [0, 0.1) is 10.3 Å². The van der Waals surface area contributed by atoms with Crippen molar-refractivity contribution in [2.24, 2.45) is 5.41 Å². The number of carbonyl (C=O) groups is 2. The summed E-state index contributed by atoms with van der Waals surface area (Å²) in [5, 5.41) is 21.7. The average Bonchev–Trinajstić information content (AvgIpc) is 3.17. The Morgan fingerprint density at radius 2 is 1.63 bits per heavy atom. The van der Waals surface area contributed by atoms with Crippen molar-refractivity contribution in [3.05, 3.63) is 65.2 Å². The number of benzene rings is 2. The van der Waals surface area contributed by atoms with Gasteiger partial charge in [-0.2, -0.15) is 0 Å². The molecule has 1 heterocycles. The molecule has 0 aliphatic heterocycles. The number of anilines is 2. The molecule has 0 saturated carbocycles. The number of carboxylic acid groups (broad SMARTS) is 1. The van der Waals surface area contributed by atoms with Crippen LogP contribution in [0.5, 0.6) is 0 Å². The molecule has 1 aromatic heterocycles. The molecular formula is C21H20N3O5S+. The number of nitrogens with one attached hydrogen (secondary N) is 1. The Kier molecular flexibility index (Phi) is 5.93. The second-order valence-electron chi connectivity index (χ2n) is 7.35. The van der Waals surface area contributed by atoms with Crippen LogP contribution in [0.25, 0.3) is 11.1 Å². The van der Waals surface area contributed by atoms with Crippen molar-refractivity contribution < 1.29 is 24.8 Å². The van der Waals surface area contributed by atoms with Gasteiger partial charge < -0.3 is 10.4 Å². The Balaban J connectivity index is 1.68. The smallest absolute Gasteiger partial charge is 0.392 e. The summed E-state index contributed by atoms with van der Waals surface area (Å²) < 4.78 is 0. The molecule has 3 aromatic rings. The summed E-state index contributed by atoms with van der Waals surface area (Å²) in [7, 11) is 0. The molecule has 0 amide bonds. The van der Waals surface area contributed by atoms with Crippen LogP contribution in [0.15, 0.2) is 54.7 Å². The maximum atomic E-state index is 12.4. The Morgan fingerprint density at radius 1 is 1.07 bits per heavy atom. The first-order valence-electron chi connectivity index (χ1n) is 9.02. The van der Waals surface area contributed by atoms with E-state index >= 15 is 0 Å². The van der Waals surface area contributed by atoms with Crippen molar-refractivity contribution >= 4 is 38.9 Å². The van der Waals surface area contributed by atoms with Crippen LogP contribution in [0.4, 0.5) is 15.8 Å². The van der Waals surface area contributed by atoms with Crippen molar-refractivity contribution in [2.45, 2.75) is 20.3 Å². The number of Topliss-reactive ketones (excluding diaryl/α,β-unsaturated/α-hetero) is 1. The molecule has 0 fully saturated rings. The monoisotopic (exact) mass is 426 g/mol. The summed E-state index contributed by atoms with van der Waals surface area (Å²) >= 11 is 1.02. The SMILES string of the molecule is CC(C)(CC(=O)c1ccc(-c2ccc(Nc3ncc([N+](=O)O)s3)cc2)cc1)C(=O)O. The standard InChI is InChI=1S/C21H19N3O5S/c1-21(2,19(26)27)11-17(25)15-5-3-13(4-6-15)14-7-9-16(10-8-14)23-20-22-12-18(30-20)24(28)29/h3-10,12H,11H2,1-2H3,(H2-,22,23,25,26,27,28,29)/p+1. The van der Waals surface area contributed by atoms with Crippen molar-refractivity contribution in [3.8, 4) is 11.1 Å². The van der Waals surface area contributed by atoms with Gasteiger partial charge in [0.2, 0.25) is 0 Å². The van der Waals surface area contributed by atoms with Gasteiger partial charge in [-0.3, -0.25) is 9.59 Å². The maximum absolute atomic E-state index is 12.4. The Morgan fingerprint density at radius 3 is 2.13 bits per heavy atom. The fraction of sp³-hybridized carbons (Fsp3) is 0.190. The first-order chi connectivity index (χ1) is 14.2. The molecule has 0 atom stereocenters. The lowest BCUT2D eigenvalue weighted by atomic mass is 9.85. The molecule has 0 aliphatic rings. The van der Waals surface area contributed by atoms with Crippen molar-refractivity contribution in [3.63, 3.8) is 0 Å². The maximum Gasteiger partial charge on any atom is 0.392 e. The molecule has 8 nitrogen and oxygen atoms in total. The van der Waals surface area contributed by atoms with Crippen LogP contribution >= 0.6 is 11.3 Å². The van der Waals surface area contributed by atoms with Gasteiger partial charge in [-0.25, -0.2) is 10.2 Å².